The third-order valence-electron chi connectivity index (χ3n) is 3.73. The summed E-state index contributed by atoms with van der Waals surface area (Å²) in [5.74, 6) is 0.638. The first kappa shape index (κ1) is 12.7. The summed E-state index contributed by atoms with van der Waals surface area (Å²) in [6.07, 6.45) is 4.80. The van der Waals surface area contributed by atoms with Gasteiger partial charge in [-0.15, -0.1) is 0 Å². The van der Waals surface area contributed by atoms with Gasteiger partial charge in [0.1, 0.15) is 0 Å². The Hall–Kier alpha value is -1.77. The van der Waals surface area contributed by atoms with Crippen molar-refractivity contribution in [1.29, 1.82) is 0 Å². The van der Waals surface area contributed by atoms with E-state index in [0.717, 1.165) is 22.1 Å². The molecule has 0 spiro atoms. The normalized spacial score (nSPS) is 14.4. The van der Waals surface area contributed by atoms with Gasteiger partial charge in [0.2, 0.25) is 0 Å². The van der Waals surface area contributed by atoms with E-state index in [9.17, 15) is 0 Å². The van der Waals surface area contributed by atoms with Crippen LogP contribution in [0.2, 0.25) is 0 Å². The van der Waals surface area contributed by atoms with Crippen LogP contribution in [0.3, 0.4) is 0 Å². The minimum atomic E-state index is 0.440. The van der Waals surface area contributed by atoms with Crippen molar-refractivity contribution in [2.45, 2.75) is 33.2 Å². The van der Waals surface area contributed by atoms with Crippen molar-refractivity contribution in [2.24, 2.45) is 5.92 Å². The summed E-state index contributed by atoms with van der Waals surface area (Å²) in [6.45, 7) is 6.70. The number of hydrogen-bond acceptors (Lipinski definition) is 3. The summed E-state index contributed by atoms with van der Waals surface area (Å²) >= 11 is 0. The van der Waals surface area contributed by atoms with Gasteiger partial charge in [-0.25, -0.2) is 0 Å². The van der Waals surface area contributed by atoms with Crippen molar-refractivity contribution < 1.29 is 0 Å². The molecule has 0 bridgehead atoms. The lowest BCUT2D eigenvalue weighted by Gasteiger charge is -2.22. The highest BCUT2D eigenvalue weighted by molar-refractivity contribution is 6.00. The third kappa shape index (κ3) is 2.40. The van der Waals surface area contributed by atoms with Crippen molar-refractivity contribution in [2.75, 3.05) is 11.1 Å². The Morgan fingerprint density at radius 3 is 2.72 bits per heavy atom. The zero-order valence-corrected chi connectivity index (χ0v) is 11.3. The lowest BCUT2D eigenvalue weighted by molar-refractivity contribution is 0.495. The molecule has 2 rings (SSSR count). The molecule has 3 N–H and O–H groups in total. The van der Waals surface area contributed by atoms with E-state index in [1.807, 2.05) is 18.3 Å². The summed E-state index contributed by atoms with van der Waals surface area (Å²) in [4.78, 5) is 4.14. The smallest absolute Gasteiger partial charge is 0.0424 e. The molecule has 0 fully saturated rings. The Bertz CT molecular complexity index is 536. The zero-order valence-electron chi connectivity index (χ0n) is 11.3. The van der Waals surface area contributed by atoms with Gasteiger partial charge in [-0.1, -0.05) is 20.3 Å². The maximum Gasteiger partial charge on any atom is 0.0424 e. The Morgan fingerprint density at radius 1 is 1.22 bits per heavy atom. The predicted molar refractivity (Wildman–Crippen MR) is 78.7 cm³/mol. The number of rotatable bonds is 4. The van der Waals surface area contributed by atoms with Crippen LogP contribution in [-0.4, -0.2) is 11.0 Å². The van der Waals surface area contributed by atoms with Gasteiger partial charge in [-0.05, 0) is 31.0 Å². The Morgan fingerprint density at radius 2 is 2.00 bits per heavy atom. The van der Waals surface area contributed by atoms with Gasteiger partial charge in [-0.3, -0.25) is 4.98 Å². The molecule has 0 amide bonds. The van der Waals surface area contributed by atoms with E-state index in [0.29, 0.717) is 12.0 Å². The van der Waals surface area contributed by atoms with Crippen LogP contribution in [0.4, 0.5) is 11.4 Å². The van der Waals surface area contributed by atoms with E-state index in [-0.39, 0.29) is 0 Å². The van der Waals surface area contributed by atoms with E-state index in [1.165, 1.54) is 6.42 Å². The predicted octanol–water partition coefficient (Wildman–Crippen LogP) is 3.66. The molecule has 2 unspecified atom stereocenters. The van der Waals surface area contributed by atoms with Gasteiger partial charge in [0.15, 0.2) is 0 Å². The summed E-state index contributed by atoms with van der Waals surface area (Å²) in [7, 11) is 0. The van der Waals surface area contributed by atoms with Crippen LogP contribution >= 0.6 is 0 Å². The number of nitrogens with two attached hydrogens (primary N) is 1. The maximum absolute atomic E-state index is 5.97. The first-order chi connectivity index (χ1) is 8.63. The second kappa shape index (κ2) is 5.25. The average Bonchev–Trinajstić information content (AvgIpc) is 2.41. The van der Waals surface area contributed by atoms with Crippen molar-refractivity contribution >= 4 is 22.1 Å². The van der Waals surface area contributed by atoms with Gasteiger partial charge in [-0.2, -0.15) is 0 Å². The molecule has 2 atom stereocenters. The van der Waals surface area contributed by atoms with Crippen LogP contribution in [0.15, 0.2) is 30.6 Å². The number of pyridine rings is 1. The number of nitrogen functional groups attached to an aromatic ring is 1. The Balaban J connectivity index is 2.37. The standard InChI is InChI=1S/C15H21N3/c1-4-10(2)11(3)18-15-6-5-14(16)13-9-17-8-7-12(13)15/h5-11,18H,4,16H2,1-3H3. The third-order valence-corrected chi connectivity index (χ3v) is 3.73. The van der Waals surface area contributed by atoms with E-state index < -0.39 is 0 Å². The Labute approximate surface area is 108 Å². The molecular weight excluding hydrogens is 222 g/mol. The summed E-state index contributed by atoms with van der Waals surface area (Å²) < 4.78 is 0. The summed E-state index contributed by atoms with van der Waals surface area (Å²) in [6, 6.07) is 6.44. The van der Waals surface area contributed by atoms with Crippen LogP contribution in [0, 0.1) is 5.92 Å². The van der Waals surface area contributed by atoms with E-state index in [1.54, 1.807) is 6.20 Å². The molecule has 96 valence electrons. The number of fused-ring (bicyclic) bond motifs is 1. The van der Waals surface area contributed by atoms with Gasteiger partial charge >= 0.3 is 0 Å². The molecule has 0 aliphatic heterocycles. The highest BCUT2D eigenvalue weighted by atomic mass is 14.9. The van der Waals surface area contributed by atoms with Gasteiger partial charge in [0, 0.05) is 40.6 Å². The summed E-state index contributed by atoms with van der Waals surface area (Å²) in [5, 5.41) is 5.73. The molecule has 1 aromatic carbocycles. The topological polar surface area (TPSA) is 50.9 Å². The van der Waals surface area contributed by atoms with Crippen LogP contribution < -0.4 is 11.1 Å². The molecule has 0 aliphatic carbocycles. The number of hydrogen-bond donors (Lipinski definition) is 2. The SMILES string of the molecule is CCC(C)C(C)Nc1ccc(N)c2cnccc12. The number of aromatic nitrogens is 1. The van der Waals surface area contributed by atoms with Crippen LogP contribution in [0.1, 0.15) is 27.2 Å². The van der Waals surface area contributed by atoms with Gasteiger partial charge in [0.25, 0.3) is 0 Å². The molecule has 1 aromatic heterocycles. The van der Waals surface area contributed by atoms with Crippen LogP contribution in [-0.2, 0) is 0 Å². The molecule has 18 heavy (non-hydrogen) atoms. The number of benzene rings is 1. The Kier molecular flexibility index (Phi) is 3.70. The first-order valence-electron chi connectivity index (χ1n) is 6.52. The minimum absolute atomic E-state index is 0.440. The molecular formula is C15H21N3. The molecule has 2 aromatic rings. The fraction of sp³-hybridized carbons (Fsp3) is 0.400. The fourth-order valence-electron chi connectivity index (χ4n) is 2.08. The van der Waals surface area contributed by atoms with E-state index in [4.69, 9.17) is 5.73 Å². The van der Waals surface area contributed by atoms with Crippen LogP contribution in [0.5, 0.6) is 0 Å². The highest BCUT2D eigenvalue weighted by Crippen LogP contribution is 2.28. The summed E-state index contributed by atoms with van der Waals surface area (Å²) in [5.41, 5.74) is 7.89. The molecule has 3 nitrogen and oxygen atoms in total. The number of nitrogens with zero attached hydrogens (tertiary/aromatic N) is 1. The fourth-order valence-corrected chi connectivity index (χ4v) is 2.08. The van der Waals surface area contributed by atoms with E-state index >= 15 is 0 Å². The zero-order chi connectivity index (χ0) is 13.1. The molecule has 0 saturated carbocycles. The first-order valence-corrected chi connectivity index (χ1v) is 6.52. The lowest BCUT2D eigenvalue weighted by atomic mass is 10.00. The maximum atomic E-state index is 5.97. The van der Waals surface area contributed by atoms with Crippen molar-refractivity contribution in [1.82, 2.24) is 4.98 Å². The largest absolute Gasteiger partial charge is 0.398 e. The minimum Gasteiger partial charge on any atom is -0.398 e. The monoisotopic (exact) mass is 243 g/mol. The molecule has 0 radical (unpaired) electrons. The lowest BCUT2D eigenvalue weighted by Crippen LogP contribution is -2.23. The average molecular weight is 243 g/mol. The van der Waals surface area contributed by atoms with Crippen molar-refractivity contribution in [3.8, 4) is 0 Å². The van der Waals surface area contributed by atoms with Crippen LogP contribution in [0.25, 0.3) is 10.8 Å². The molecule has 0 aliphatic rings. The number of nitrogens with one attached hydrogen (secondary N) is 1. The second-order valence-corrected chi connectivity index (χ2v) is 4.94. The van der Waals surface area contributed by atoms with Gasteiger partial charge in [0.05, 0.1) is 0 Å². The molecule has 0 saturated heterocycles. The van der Waals surface area contributed by atoms with Crippen molar-refractivity contribution in [3.05, 3.63) is 30.6 Å². The number of anilines is 2. The van der Waals surface area contributed by atoms with Gasteiger partial charge < -0.3 is 11.1 Å². The van der Waals surface area contributed by atoms with Crippen molar-refractivity contribution in [3.63, 3.8) is 0 Å². The molecule has 1 heterocycles. The highest BCUT2D eigenvalue weighted by Gasteiger charge is 2.11. The second-order valence-electron chi connectivity index (χ2n) is 4.94. The quantitative estimate of drug-likeness (QED) is 0.806. The molecule has 3 heteroatoms. The van der Waals surface area contributed by atoms with E-state index in [2.05, 4.69) is 37.1 Å².